The predicted molar refractivity (Wildman–Crippen MR) is 71.2 cm³/mol. The first-order valence-corrected chi connectivity index (χ1v) is 5.61. The van der Waals surface area contributed by atoms with Crippen molar-refractivity contribution in [1.82, 2.24) is 9.97 Å². The second kappa shape index (κ2) is 4.33. The van der Waals surface area contributed by atoms with E-state index in [1.807, 2.05) is 36.4 Å². The Balaban J connectivity index is 2.09. The fourth-order valence-electron chi connectivity index (χ4n) is 1.97. The number of pyridine rings is 1. The van der Waals surface area contributed by atoms with Gasteiger partial charge in [-0.15, -0.1) is 0 Å². The summed E-state index contributed by atoms with van der Waals surface area (Å²) in [4.78, 5) is 18.4. The number of carbonyl (C=O) groups is 1. The Morgan fingerprint density at radius 3 is 2.83 bits per heavy atom. The van der Waals surface area contributed by atoms with Gasteiger partial charge in [0.1, 0.15) is 5.82 Å². The minimum absolute atomic E-state index is 0.634. The summed E-state index contributed by atoms with van der Waals surface area (Å²) in [7, 11) is 0. The monoisotopic (exact) mass is 237 g/mol. The quantitative estimate of drug-likeness (QED) is 0.688. The van der Waals surface area contributed by atoms with E-state index >= 15 is 0 Å². The van der Waals surface area contributed by atoms with Gasteiger partial charge in [-0.2, -0.15) is 0 Å². The first-order valence-electron chi connectivity index (χ1n) is 5.61. The molecule has 0 aliphatic rings. The summed E-state index contributed by atoms with van der Waals surface area (Å²) in [6.45, 7) is 0. The summed E-state index contributed by atoms with van der Waals surface area (Å²) in [5.41, 5.74) is 2.41. The Morgan fingerprint density at radius 1 is 1.17 bits per heavy atom. The average molecular weight is 237 g/mol. The van der Waals surface area contributed by atoms with Gasteiger partial charge in [-0.3, -0.25) is 9.78 Å². The molecule has 2 heterocycles. The Kier molecular flexibility index (Phi) is 2.53. The highest BCUT2D eigenvalue weighted by molar-refractivity contribution is 6.03. The first-order chi connectivity index (χ1) is 8.88. The van der Waals surface area contributed by atoms with Gasteiger partial charge in [0.15, 0.2) is 6.29 Å². The molecule has 3 rings (SSSR count). The highest BCUT2D eigenvalue weighted by atomic mass is 16.1. The number of aromatic amines is 1. The van der Waals surface area contributed by atoms with Crippen LogP contribution in [0.15, 0.2) is 48.8 Å². The number of hydrogen-bond acceptors (Lipinski definition) is 3. The van der Waals surface area contributed by atoms with Crippen LogP contribution in [0.5, 0.6) is 0 Å². The molecule has 0 fully saturated rings. The summed E-state index contributed by atoms with van der Waals surface area (Å²) in [5.74, 6) is 0.694. The SMILES string of the molecule is O=Cc1c(Nc2cccnc2)[nH]c2ccccc12. The predicted octanol–water partition coefficient (Wildman–Crippen LogP) is 3.12. The van der Waals surface area contributed by atoms with Crippen LogP contribution in [0.3, 0.4) is 0 Å². The van der Waals surface area contributed by atoms with Crippen LogP contribution >= 0.6 is 0 Å². The molecule has 4 heteroatoms. The minimum atomic E-state index is 0.634. The van der Waals surface area contributed by atoms with Crippen LogP contribution in [0.1, 0.15) is 10.4 Å². The number of H-pyrrole nitrogens is 1. The maximum atomic E-state index is 11.2. The van der Waals surface area contributed by atoms with Crippen molar-refractivity contribution in [2.24, 2.45) is 0 Å². The number of carbonyl (C=O) groups excluding carboxylic acids is 1. The highest BCUT2D eigenvalue weighted by Gasteiger charge is 2.10. The third kappa shape index (κ3) is 1.73. The number of nitrogens with one attached hydrogen (secondary N) is 2. The lowest BCUT2D eigenvalue weighted by Gasteiger charge is -2.03. The van der Waals surface area contributed by atoms with Crippen molar-refractivity contribution in [2.75, 3.05) is 5.32 Å². The molecule has 0 amide bonds. The maximum Gasteiger partial charge on any atom is 0.154 e. The van der Waals surface area contributed by atoms with Gasteiger partial charge in [-0.1, -0.05) is 18.2 Å². The molecule has 4 nitrogen and oxygen atoms in total. The highest BCUT2D eigenvalue weighted by Crippen LogP contribution is 2.26. The Labute approximate surface area is 104 Å². The largest absolute Gasteiger partial charge is 0.341 e. The van der Waals surface area contributed by atoms with Crippen molar-refractivity contribution in [3.05, 3.63) is 54.4 Å². The zero-order valence-corrected chi connectivity index (χ0v) is 9.55. The van der Waals surface area contributed by atoms with Gasteiger partial charge < -0.3 is 10.3 Å². The van der Waals surface area contributed by atoms with Gasteiger partial charge in [0.25, 0.3) is 0 Å². The zero-order valence-electron chi connectivity index (χ0n) is 9.55. The summed E-state index contributed by atoms with van der Waals surface area (Å²) >= 11 is 0. The second-order valence-electron chi connectivity index (χ2n) is 3.94. The van der Waals surface area contributed by atoms with Crippen LogP contribution in [0.4, 0.5) is 11.5 Å². The van der Waals surface area contributed by atoms with Gasteiger partial charge in [0.2, 0.25) is 0 Å². The van der Waals surface area contributed by atoms with Crippen molar-refractivity contribution >= 4 is 28.7 Å². The van der Waals surface area contributed by atoms with Crippen LogP contribution in [0, 0.1) is 0 Å². The van der Waals surface area contributed by atoms with E-state index in [1.54, 1.807) is 12.4 Å². The van der Waals surface area contributed by atoms with E-state index in [1.165, 1.54) is 0 Å². The summed E-state index contributed by atoms with van der Waals surface area (Å²) in [6.07, 6.45) is 4.27. The molecule has 0 radical (unpaired) electrons. The number of hydrogen-bond donors (Lipinski definition) is 2. The van der Waals surface area contributed by atoms with Crippen LogP contribution < -0.4 is 5.32 Å². The van der Waals surface area contributed by atoms with Crippen LogP contribution in [-0.2, 0) is 0 Å². The molecule has 18 heavy (non-hydrogen) atoms. The number of aldehydes is 1. The smallest absolute Gasteiger partial charge is 0.154 e. The topological polar surface area (TPSA) is 57.8 Å². The fourth-order valence-corrected chi connectivity index (χ4v) is 1.97. The number of anilines is 2. The second-order valence-corrected chi connectivity index (χ2v) is 3.94. The third-order valence-corrected chi connectivity index (χ3v) is 2.79. The van der Waals surface area contributed by atoms with Gasteiger partial charge in [0.05, 0.1) is 17.4 Å². The van der Waals surface area contributed by atoms with Gasteiger partial charge >= 0.3 is 0 Å². The van der Waals surface area contributed by atoms with Gasteiger partial charge in [-0.25, -0.2) is 0 Å². The molecule has 0 saturated carbocycles. The van der Waals surface area contributed by atoms with E-state index in [0.717, 1.165) is 22.9 Å². The summed E-state index contributed by atoms with van der Waals surface area (Å²) < 4.78 is 0. The zero-order chi connectivity index (χ0) is 12.4. The molecule has 1 aromatic carbocycles. The number of para-hydroxylation sites is 1. The number of nitrogens with zero attached hydrogens (tertiary/aromatic N) is 1. The molecular formula is C14H11N3O. The maximum absolute atomic E-state index is 11.2. The molecule has 0 atom stereocenters. The van der Waals surface area contributed by atoms with Gasteiger partial charge in [0, 0.05) is 17.1 Å². The van der Waals surface area contributed by atoms with Crippen LogP contribution in [-0.4, -0.2) is 16.3 Å². The van der Waals surface area contributed by atoms with Crippen LogP contribution in [0.2, 0.25) is 0 Å². The van der Waals surface area contributed by atoms with Crippen molar-refractivity contribution in [3.63, 3.8) is 0 Å². The van der Waals surface area contributed by atoms with Crippen molar-refractivity contribution < 1.29 is 4.79 Å². The average Bonchev–Trinajstić information content (AvgIpc) is 2.77. The molecule has 0 aliphatic heterocycles. The molecule has 0 saturated heterocycles. The van der Waals surface area contributed by atoms with Crippen molar-refractivity contribution in [2.45, 2.75) is 0 Å². The molecule has 2 N–H and O–H groups in total. The number of rotatable bonds is 3. The van der Waals surface area contributed by atoms with E-state index in [9.17, 15) is 4.79 Å². The third-order valence-electron chi connectivity index (χ3n) is 2.79. The molecule has 0 unspecified atom stereocenters. The number of fused-ring (bicyclic) bond motifs is 1. The van der Waals surface area contributed by atoms with Crippen molar-refractivity contribution in [3.8, 4) is 0 Å². The Morgan fingerprint density at radius 2 is 2.06 bits per heavy atom. The molecule has 2 aromatic heterocycles. The molecule has 88 valence electrons. The van der Waals surface area contributed by atoms with E-state index in [-0.39, 0.29) is 0 Å². The van der Waals surface area contributed by atoms with Gasteiger partial charge in [-0.05, 0) is 18.2 Å². The standard InChI is InChI=1S/C14H11N3O/c18-9-12-11-5-1-2-6-13(11)17-14(12)16-10-4-3-7-15-8-10/h1-9,16-17H. The van der Waals surface area contributed by atoms with Crippen molar-refractivity contribution in [1.29, 1.82) is 0 Å². The lowest BCUT2D eigenvalue weighted by Crippen LogP contribution is -1.94. The van der Waals surface area contributed by atoms with Crippen LogP contribution in [0.25, 0.3) is 10.9 Å². The van der Waals surface area contributed by atoms with E-state index in [0.29, 0.717) is 11.4 Å². The van der Waals surface area contributed by atoms with E-state index in [2.05, 4.69) is 15.3 Å². The van der Waals surface area contributed by atoms with E-state index in [4.69, 9.17) is 0 Å². The lowest BCUT2D eigenvalue weighted by atomic mass is 10.2. The first kappa shape index (κ1) is 10.5. The normalized spacial score (nSPS) is 10.4. The fraction of sp³-hybridized carbons (Fsp3) is 0. The molecule has 3 aromatic rings. The molecule has 0 bridgehead atoms. The Hall–Kier alpha value is -2.62. The summed E-state index contributed by atoms with van der Waals surface area (Å²) in [5, 5.41) is 4.08. The molecule has 0 aliphatic carbocycles. The lowest BCUT2D eigenvalue weighted by molar-refractivity contribution is 0.112. The minimum Gasteiger partial charge on any atom is -0.341 e. The molecule has 0 spiro atoms. The molecular weight excluding hydrogens is 226 g/mol. The Bertz CT molecular complexity index is 689. The van der Waals surface area contributed by atoms with E-state index < -0.39 is 0 Å². The number of aromatic nitrogens is 2. The number of benzene rings is 1. The summed E-state index contributed by atoms with van der Waals surface area (Å²) in [6, 6.07) is 11.4.